The van der Waals surface area contributed by atoms with Crippen LogP contribution in [0.5, 0.6) is 0 Å². The van der Waals surface area contributed by atoms with E-state index in [0.29, 0.717) is 22.7 Å². The van der Waals surface area contributed by atoms with Crippen LogP contribution >= 0.6 is 11.6 Å². The van der Waals surface area contributed by atoms with Crippen molar-refractivity contribution in [2.45, 2.75) is 76.9 Å². The van der Waals surface area contributed by atoms with E-state index in [9.17, 15) is 18.0 Å². The van der Waals surface area contributed by atoms with Crippen LogP contribution in [-0.4, -0.2) is 43.8 Å². The first-order valence-electron chi connectivity index (χ1n) is 14.0. The predicted octanol–water partition coefficient (Wildman–Crippen LogP) is 6.38. The lowest BCUT2D eigenvalue weighted by Gasteiger charge is -2.34. The third kappa shape index (κ3) is 8.11. The van der Waals surface area contributed by atoms with Gasteiger partial charge in [0.15, 0.2) is 0 Å². The van der Waals surface area contributed by atoms with Crippen molar-refractivity contribution >= 4 is 39.1 Å². The van der Waals surface area contributed by atoms with Gasteiger partial charge in [-0.25, -0.2) is 8.42 Å². The van der Waals surface area contributed by atoms with E-state index < -0.39 is 28.5 Å². The number of hydrogen-bond donors (Lipinski definition) is 1. The lowest BCUT2D eigenvalue weighted by atomic mass is 10.0. The molecule has 41 heavy (non-hydrogen) atoms. The normalized spacial score (nSPS) is 13.0. The summed E-state index contributed by atoms with van der Waals surface area (Å²) >= 11 is 6.46. The molecule has 0 saturated heterocycles. The Morgan fingerprint density at radius 2 is 1.46 bits per heavy atom. The Balaban J connectivity index is 2.07. The molecule has 7 nitrogen and oxygen atoms in total. The number of rotatable bonds is 13. The van der Waals surface area contributed by atoms with E-state index in [0.717, 1.165) is 16.3 Å². The molecule has 3 aromatic rings. The van der Waals surface area contributed by atoms with Crippen molar-refractivity contribution in [2.75, 3.05) is 10.8 Å². The van der Waals surface area contributed by atoms with Crippen LogP contribution in [0.25, 0.3) is 0 Å². The second-order valence-electron chi connectivity index (χ2n) is 10.4. The molecule has 1 N–H and O–H groups in total. The van der Waals surface area contributed by atoms with Crippen molar-refractivity contribution in [2.24, 2.45) is 0 Å². The maximum absolute atomic E-state index is 14.2. The highest BCUT2D eigenvalue weighted by Gasteiger charge is 2.34. The van der Waals surface area contributed by atoms with Gasteiger partial charge in [-0.2, -0.15) is 0 Å². The van der Waals surface area contributed by atoms with E-state index in [1.54, 1.807) is 48.5 Å². The molecule has 0 aliphatic rings. The fourth-order valence-corrected chi connectivity index (χ4v) is 6.08. The highest BCUT2D eigenvalue weighted by atomic mass is 35.5. The molecular weight excluding hydrogens is 558 g/mol. The Bertz CT molecular complexity index is 1410. The number of carbonyl (C=O) groups excluding carboxylic acids is 2. The predicted molar refractivity (Wildman–Crippen MR) is 165 cm³/mol. The highest BCUT2D eigenvalue weighted by Crippen LogP contribution is 2.27. The van der Waals surface area contributed by atoms with Crippen LogP contribution in [-0.2, 0) is 26.2 Å². The average molecular weight is 598 g/mol. The van der Waals surface area contributed by atoms with Gasteiger partial charge in [-0.15, -0.1) is 0 Å². The summed E-state index contributed by atoms with van der Waals surface area (Å²) in [5.74, 6) is -0.546. The van der Waals surface area contributed by atoms with Gasteiger partial charge in [0.25, 0.3) is 10.0 Å². The lowest BCUT2D eigenvalue weighted by Crippen LogP contribution is -2.53. The maximum Gasteiger partial charge on any atom is 0.264 e. The largest absolute Gasteiger partial charge is 0.352 e. The third-order valence-corrected chi connectivity index (χ3v) is 9.30. The molecule has 0 radical (unpaired) electrons. The van der Waals surface area contributed by atoms with Gasteiger partial charge < -0.3 is 10.2 Å². The van der Waals surface area contributed by atoms with Gasteiger partial charge in [0, 0.05) is 17.6 Å². The molecule has 0 heterocycles. The van der Waals surface area contributed by atoms with Crippen LogP contribution in [0.3, 0.4) is 0 Å². The fraction of sp³-hybridized carbons (Fsp3) is 0.375. The molecule has 0 bridgehead atoms. The fourth-order valence-electron chi connectivity index (χ4n) is 4.44. The zero-order valence-corrected chi connectivity index (χ0v) is 26.0. The molecule has 2 amide bonds. The summed E-state index contributed by atoms with van der Waals surface area (Å²) in [6.45, 7) is 9.37. The van der Waals surface area contributed by atoms with Crippen molar-refractivity contribution < 1.29 is 18.0 Å². The van der Waals surface area contributed by atoms with Gasteiger partial charge >= 0.3 is 0 Å². The summed E-state index contributed by atoms with van der Waals surface area (Å²) in [5.41, 5.74) is 2.07. The standard InChI is InChI=1S/C32H40ClN3O4S/c1-6-24(5)34-32(38)30(7-2)35(21-26-13-11-12-16-29(26)33)31(37)22-36(27-19-17-25(18-20-27)23(3)4)41(39,40)28-14-9-8-10-15-28/h8-20,23-24,30H,6-7,21-22H2,1-5H3,(H,34,38)/t24-,30-/m1/s1. The van der Waals surface area contributed by atoms with Crippen LogP contribution in [0.15, 0.2) is 83.8 Å². The van der Waals surface area contributed by atoms with Crippen LogP contribution in [0.1, 0.15) is 64.5 Å². The minimum absolute atomic E-state index is 0.0520. The first-order chi connectivity index (χ1) is 19.5. The molecule has 3 rings (SSSR count). The molecule has 0 spiro atoms. The zero-order chi connectivity index (χ0) is 30.2. The van der Waals surface area contributed by atoms with Crippen molar-refractivity contribution in [1.82, 2.24) is 10.2 Å². The quantitative estimate of drug-likeness (QED) is 0.248. The van der Waals surface area contributed by atoms with E-state index in [4.69, 9.17) is 11.6 Å². The van der Waals surface area contributed by atoms with E-state index in [1.807, 2.05) is 39.0 Å². The Labute approximate surface area is 249 Å². The van der Waals surface area contributed by atoms with Gasteiger partial charge in [0.2, 0.25) is 11.8 Å². The SMILES string of the molecule is CC[C@@H](C)NC(=O)[C@@H](CC)N(Cc1ccccc1Cl)C(=O)CN(c1ccc(C(C)C)cc1)S(=O)(=O)c1ccccc1. The lowest BCUT2D eigenvalue weighted by molar-refractivity contribution is -0.140. The third-order valence-electron chi connectivity index (χ3n) is 7.14. The second-order valence-corrected chi connectivity index (χ2v) is 12.7. The van der Waals surface area contributed by atoms with E-state index in [2.05, 4.69) is 19.2 Å². The Morgan fingerprint density at radius 3 is 2.02 bits per heavy atom. The van der Waals surface area contributed by atoms with Crippen molar-refractivity contribution in [3.05, 3.63) is 95.0 Å². The number of benzene rings is 3. The van der Waals surface area contributed by atoms with E-state index in [1.165, 1.54) is 17.0 Å². The number of carbonyl (C=O) groups is 2. The first kappa shape index (κ1) is 32.2. The molecule has 2 atom stereocenters. The molecule has 3 aromatic carbocycles. The van der Waals surface area contributed by atoms with Gasteiger partial charge in [-0.05, 0) is 67.1 Å². The summed E-state index contributed by atoms with van der Waals surface area (Å²) in [6, 6.07) is 21.4. The van der Waals surface area contributed by atoms with Crippen molar-refractivity contribution in [3.8, 4) is 0 Å². The average Bonchev–Trinajstić information content (AvgIpc) is 2.97. The maximum atomic E-state index is 14.2. The molecule has 9 heteroatoms. The number of anilines is 1. The minimum Gasteiger partial charge on any atom is -0.352 e. The molecule has 0 saturated carbocycles. The summed E-state index contributed by atoms with van der Waals surface area (Å²) in [6.07, 6.45) is 1.07. The molecule has 0 aromatic heterocycles. The summed E-state index contributed by atoms with van der Waals surface area (Å²) in [7, 11) is -4.11. The molecule has 0 aliphatic carbocycles. The number of nitrogens with one attached hydrogen (secondary N) is 1. The van der Waals surface area contributed by atoms with Crippen molar-refractivity contribution in [1.29, 1.82) is 0 Å². The number of nitrogens with zero attached hydrogens (tertiary/aromatic N) is 2. The molecule has 220 valence electrons. The van der Waals surface area contributed by atoms with E-state index in [-0.39, 0.29) is 29.3 Å². The topological polar surface area (TPSA) is 86.8 Å². The summed E-state index contributed by atoms with van der Waals surface area (Å²) < 4.78 is 29.0. The number of hydrogen-bond acceptors (Lipinski definition) is 4. The monoisotopic (exact) mass is 597 g/mol. The molecular formula is C32H40ClN3O4S. The molecule has 0 aliphatic heterocycles. The van der Waals surface area contributed by atoms with Crippen LogP contribution in [0.2, 0.25) is 5.02 Å². The van der Waals surface area contributed by atoms with Crippen LogP contribution in [0, 0.1) is 0 Å². The number of halogens is 1. The zero-order valence-electron chi connectivity index (χ0n) is 24.4. The Kier molecular flexibility index (Phi) is 11.4. The Hall–Kier alpha value is -3.36. The second kappa shape index (κ2) is 14.5. The van der Waals surface area contributed by atoms with E-state index >= 15 is 0 Å². The molecule has 0 unspecified atom stereocenters. The Morgan fingerprint density at radius 1 is 0.854 bits per heavy atom. The summed E-state index contributed by atoms with van der Waals surface area (Å²) in [5, 5.41) is 3.44. The molecule has 0 fully saturated rings. The van der Waals surface area contributed by atoms with Crippen LogP contribution < -0.4 is 9.62 Å². The van der Waals surface area contributed by atoms with Crippen LogP contribution in [0.4, 0.5) is 5.69 Å². The highest BCUT2D eigenvalue weighted by molar-refractivity contribution is 7.92. The first-order valence-corrected chi connectivity index (χ1v) is 15.8. The van der Waals surface area contributed by atoms with Crippen molar-refractivity contribution in [3.63, 3.8) is 0 Å². The van der Waals surface area contributed by atoms with Gasteiger partial charge in [0.1, 0.15) is 12.6 Å². The van der Waals surface area contributed by atoms with Gasteiger partial charge in [0.05, 0.1) is 10.6 Å². The number of amides is 2. The van der Waals surface area contributed by atoms with Gasteiger partial charge in [-0.3, -0.25) is 13.9 Å². The van der Waals surface area contributed by atoms with Gasteiger partial charge in [-0.1, -0.05) is 87.8 Å². The smallest absolute Gasteiger partial charge is 0.264 e. The summed E-state index contributed by atoms with van der Waals surface area (Å²) in [4.78, 5) is 29.0. The number of sulfonamides is 1. The minimum atomic E-state index is -4.11.